The molecule has 0 aliphatic rings. The van der Waals surface area contributed by atoms with Gasteiger partial charge in [-0.3, -0.25) is 4.79 Å². The normalized spacial score (nSPS) is 11.1. The lowest BCUT2D eigenvalue weighted by atomic mass is 10.2. The number of hydrogen-bond acceptors (Lipinski definition) is 5. The van der Waals surface area contributed by atoms with E-state index in [0.29, 0.717) is 28.5 Å². The summed E-state index contributed by atoms with van der Waals surface area (Å²) in [4.78, 5) is 16.6. The number of carbonyl (C=O) groups excluding carboxylic acids is 1. The van der Waals surface area contributed by atoms with Gasteiger partial charge < -0.3 is 10.2 Å². The number of halogens is 1. The molecule has 0 saturated carbocycles. The Kier molecular flexibility index (Phi) is 3.96. The monoisotopic (exact) mass is 350 g/mol. The number of fused-ring (bicyclic) bond motifs is 1. The maximum absolute atomic E-state index is 13.8. The maximum Gasteiger partial charge on any atom is 0.248 e. The number of nitrogen functional groups attached to an aromatic ring is 1. The molecule has 130 valence electrons. The number of carbonyl (C=O) groups is 1. The first kappa shape index (κ1) is 16.0. The minimum atomic E-state index is -0.384. The molecule has 0 aliphatic carbocycles. The summed E-state index contributed by atoms with van der Waals surface area (Å²) in [6.45, 7) is 0. The summed E-state index contributed by atoms with van der Waals surface area (Å²) >= 11 is 0. The Morgan fingerprint density at radius 3 is 2.77 bits per heavy atom. The molecule has 4 rings (SSSR count). The highest BCUT2D eigenvalue weighted by Crippen LogP contribution is 2.24. The molecule has 0 fully saturated rings. The lowest BCUT2D eigenvalue weighted by Gasteiger charge is -2.01. The van der Waals surface area contributed by atoms with Gasteiger partial charge in [0, 0.05) is 18.2 Å². The molecule has 2 N–H and O–H groups in total. The predicted molar refractivity (Wildman–Crippen MR) is 95.0 cm³/mol. The smallest absolute Gasteiger partial charge is 0.248 e. The van der Waals surface area contributed by atoms with Gasteiger partial charge in [-0.25, -0.2) is 9.37 Å². The van der Waals surface area contributed by atoms with Crippen LogP contribution in [0.1, 0.15) is 17.1 Å². The first-order valence-corrected chi connectivity index (χ1v) is 8.09. The highest BCUT2D eigenvalue weighted by atomic mass is 19.1. The first-order valence-electron chi connectivity index (χ1n) is 8.09. The summed E-state index contributed by atoms with van der Waals surface area (Å²) in [5.74, 6) is 0.403. The third kappa shape index (κ3) is 2.83. The fourth-order valence-electron chi connectivity index (χ4n) is 2.81. The Balaban J connectivity index is 1.51. The zero-order valence-electron chi connectivity index (χ0n) is 13.7. The van der Waals surface area contributed by atoms with Gasteiger partial charge in [0.05, 0.1) is 17.3 Å². The molecule has 4 aromatic rings. The highest BCUT2D eigenvalue weighted by molar-refractivity contribution is 5.96. The van der Waals surface area contributed by atoms with E-state index in [1.165, 1.54) is 16.9 Å². The average molecular weight is 350 g/mol. The summed E-state index contributed by atoms with van der Waals surface area (Å²) in [5, 5.41) is 4.85. The largest absolute Gasteiger partial charge is 0.441 e. The van der Waals surface area contributed by atoms with Crippen LogP contribution in [-0.2, 0) is 6.42 Å². The van der Waals surface area contributed by atoms with Crippen LogP contribution in [0, 0.1) is 5.82 Å². The molecule has 0 bridgehead atoms. The van der Waals surface area contributed by atoms with E-state index in [1.54, 1.807) is 24.3 Å². The second kappa shape index (κ2) is 6.44. The number of para-hydroxylation sites is 1. The maximum atomic E-state index is 13.8. The number of oxazole rings is 1. The molecule has 0 saturated heterocycles. The SMILES string of the molecule is Nc1nn(C(=O)CCc2ncc(-c3ccccc3F)o2)c2ccccc12. The Morgan fingerprint density at radius 1 is 1.15 bits per heavy atom. The van der Waals surface area contributed by atoms with Crippen molar-refractivity contribution in [1.82, 2.24) is 14.8 Å². The molecule has 2 aromatic carbocycles. The molecule has 0 unspecified atom stereocenters. The molecule has 6 nitrogen and oxygen atoms in total. The fourth-order valence-corrected chi connectivity index (χ4v) is 2.81. The summed E-state index contributed by atoms with van der Waals surface area (Å²) in [7, 11) is 0. The third-order valence-electron chi connectivity index (χ3n) is 4.10. The first-order chi connectivity index (χ1) is 12.6. The van der Waals surface area contributed by atoms with Gasteiger partial charge in [-0.1, -0.05) is 24.3 Å². The lowest BCUT2D eigenvalue weighted by Crippen LogP contribution is -2.13. The number of anilines is 1. The van der Waals surface area contributed by atoms with Crippen molar-refractivity contribution in [2.24, 2.45) is 0 Å². The number of hydrogen-bond donors (Lipinski definition) is 1. The van der Waals surface area contributed by atoms with Gasteiger partial charge in [0.2, 0.25) is 5.91 Å². The van der Waals surface area contributed by atoms with Crippen LogP contribution in [0.3, 0.4) is 0 Å². The van der Waals surface area contributed by atoms with Gasteiger partial charge in [-0.15, -0.1) is 5.10 Å². The fraction of sp³-hybridized carbons (Fsp3) is 0.105. The summed E-state index contributed by atoms with van der Waals surface area (Å²) < 4.78 is 20.7. The average Bonchev–Trinajstić information content (AvgIpc) is 3.25. The Labute approximate surface area is 148 Å². The lowest BCUT2D eigenvalue weighted by molar-refractivity contribution is 0.0890. The third-order valence-corrected chi connectivity index (χ3v) is 4.10. The van der Waals surface area contributed by atoms with Crippen molar-refractivity contribution in [3.8, 4) is 11.3 Å². The second-order valence-electron chi connectivity index (χ2n) is 5.81. The van der Waals surface area contributed by atoms with Crippen LogP contribution in [0.5, 0.6) is 0 Å². The van der Waals surface area contributed by atoms with Crippen molar-refractivity contribution < 1.29 is 13.6 Å². The van der Waals surface area contributed by atoms with Crippen LogP contribution >= 0.6 is 0 Å². The van der Waals surface area contributed by atoms with Crippen molar-refractivity contribution in [3.63, 3.8) is 0 Å². The number of nitrogens with two attached hydrogens (primary N) is 1. The van der Waals surface area contributed by atoms with E-state index in [0.717, 1.165) is 5.39 Å². The summed E-state index contributed by atoms with van der Waals surface area (Å²) in [6.07, 6.45) is 1.88. The zero-order chi connectivity index (χ0) is 18.1. The van der Waals surface area contributed by atoms with Gasteiger partial charge in [0.1, 0.15) is 5.82 Å². The van der Waals surface area contributed by atoms with E-state index in [4.69, 9.17) is 10.2 Å². The van der Waals surface area contributed by atoms with Crippen LogP contribution in [-0.4, -0.2) is 20.7 Å². The molecule has 0 amide bonds. The molecular formula is C19H15FN4O2. The van der Waals surface area contributed by atoms with Crippen LogP contribution in [0.2, 0.25) is 0 Å². The molecule has 2 aromatic heterocycles. The Morgan fingerprint density at radius 2 is 1.92 bits per heavy atom. The molecular weight excluding hydrogens is 335 g/mol. The summed E-state index contributed by atoms with van der Waals surface area (Å²) in [5.41, 5.74) is 6.85. The molecule has 0 aliphatic heterocycles. The number of rotatable bonds is 4. The van der Waals surface area contributed by atoms with Crippen molar-refractivity contribution in [2.75, 3.05) is 5.73 Å². The van der Waals surface area contributed by atoms with Gasteiger partial charge in [-0.2, -0.15) is 4.68 Å². The minimum absolute atomic E-state index is 0.141. The zero-order valence-corrected chi connectivity index (χ0v) is 13.7. The van der Waals surface area contributed by atoms with Gasteiger partial charge >= 0.3 is 0 Å². The minimum Gasteiger partial charge on any atom is -0.441 e. The van der Waals surface area contributed by atoms with E-state index >= 15 is 0 Å². The van der Waals surface area contributed by atoms with Crippen LogP contribution in [0.4, 0.5) is 10.2 Å². The van der Waals surface area contributed by atoms with Crippen molar-refractivity contribution in [3.05, 3.63) is 66.4 Å². The number of aryl methyl sites for hydroxylation is 1. The summed E-state index contributed by atoms with van der Waals surface area (Å²) in [6, 6.07) is 13.6. The molecule has 26 heavy (non-hydrogen) atoms. The van der Waals surface area contributed by atoms with Crippen molar-refractivity contribution in [2.45, 2.75) is 12.8 Å². The Bertz CT molecular complexity index is 1100. The number of aromatic nitrogens is 3. The van der Waals surface area contributed by atoms with E-state index in [2.05, 4.69) is 10.1 Å². The van der Waals surface area contributed by atoms with Crippen molar-refractivity contribution in [1.29, 1.82) is 0 Å². The highest BCUT2D eigenvalue weighted by Gasteiger charge is 2.16. The molecule has 2 heterocycles. The molecule has 0 radical (unpaired) electrons. The van der Waals surface area contributed by atoms with E-state index in [1.807, 2.05) is 18.2 Å². The molecule has 7 heteroatoms. The second-order valence-corrected chi connectivity index (χ2v) is 5.81. The quantitative estimate of drug-likeness (QED) is 0.606. The van der Waals surface area contributed by atoms with E-state index < -0.39 is 0 Å². The molecule has 0 atom stereocenters. The van der Waals surface area contributed by atoms with Crippen molar-refractivity contribution >= 4 is 22.6 Å². The number of benzene rings is 2. The van der Waals surface area contributed by atoms with Crippen LogP contribution in [0.15, 0.2) is 59.1 Å². The van der Waals surface area contributed by atoms with Gasteiger partial charge in [-0.05, 0) is 24.3 Å². The molecule has 0 spiro atoms. The van der Waals surface area contributed by atoms with Crippen LogP contribution < -0.4 is 5.73 Å². The number of nitrogens with zero attached hydrogens (tertiary/aromatic N) is 3. The van der Waals surface area contributed by atoms with E-state index in [-0.39, 0.29) is 24.6 Å². The van der Waals surface area contributed by atoms with Gasteiger partial charge in [0.15, 0.2) is 17.5 Å². The Hall–Kier alpha value is -3.48. The van der Waals surface area contributed by atoms with E-state index in [9.17, 15) is 9.18 Å². The topological polar surface area (TPSA) is 86.9 Å². The van der Waals surface area contributed by atoms with Crippen LogP contribution in [0.25, 0.3) is 22.2 Å². The standard InChI is InChI=1S/C19H15FN4O2/c20-14-7-3-1-5-12(14)16-11-22-17(26-16)9-10-18(25)24-15-8-4-2-6-13(15)19(21)23-24/h1-8,11H,9-10H2,(H2,21,23). The predicted octanol–water partition coefficient (Wildman–Crippen LogP) is 3.69. The van der Waals surface area contributed by atoms with Gasteiger partial charge in [0.25, 0.3) is 0 Å².